The van der Waals surface area contributed by atoms with E-state index in [1.165, 1.54) is 11.6 Å². The summed E-state index contributed by atoms with van der Waals surface area (Å²) >= 11 is 5.79. The van der Waals surface area contributed by atoms with Gasteiger partial charge in [-0.25, -0.2) is 9.37 Å². The van der Waals surface area contributed by atoms with Crippen molar-refractivity contribution in [2.45, 2.75) is 12.8 Å². The molecule has 0 saturated carbocycles. The van der Waals surface area contributed by atoms with Gasteiger partial charge in [-0.1, -0.05) is 11.6 Å². The number of hydrogen-bond donors (Lipinski definition) is 1. The van der Waals surface area contributed by atoms with E-state index in [4.69, 9.17) is 21.3 Å². The van der Waals surface area contributed by atoms with Gasteiger partial charge in [0.2, 0.25) is 0 Å². The highest BCUT2D eigenvalue weighted by molar-refractivity contribution is 6.30. The molecule has 0 amide bonds. The van der Waals surface area contributed by atoms with Crippen LogP contribution in [0.2, 0.25) is 5.02 Å². The van der Waals surface area contributed by atoms with Crippen LogP contribution in [0.3, 0.4) is 0 Å². The van der Waals surface area contributed by atoms with E-state index in [1.54, 1.807) is 18.3 Å². The van der Waals surface area contributed by atoms with Crippen LogP contribution < -0.4 is 15.0 Å². The predicted octanol–water partition coefficient (Wildman–Crippen LogP) is 2.73. The molecule has 2 aliphatic rings. The van der Waals surface area contributed by atoms with E-state index in [-0.39, 0.29) is 5.75 Å². The Labute approximate surface area is 167 Å². The van der Waals surface area contributed by atoms with Crippen molar-refractivity contribution in [3.8, 4) is 5.75 Å². The van der Waals surface area contributed by atoms with Gasteiger partial charge in [-0.05, 0) is 31.2 Å². The average molecular weight is 402 g/mol. The molecule has 0 unspecified atom stereocenters. The van der Waals surface area contributed by atoms with Crippen molar-refractivity contribution < 1.29 is 9.13 Å². The summed E-state index contributed by atoms with van der Waals surface area (Å²) in [5, 5.41) is 8.32. The zero-order valence-corrected chi connectivity index (χ0v) is 16.1. The minimum atomic E-state index is -0.422. The summed E-state index contributed by atoms with van der Waals surface area (Å²) < 4.78 is 21.5. The van der Waals surface area contributed by atoms with Gasteiger partial charge in [0, 0.05) is 48.6 Å². The van der Waals surface area contributed by atoms with Crippen LogP contribution in [0.1, 0.15) is 11.3 Å². The summed E-state index contributed by atoms with van der Waals surface area (Å²) in [7, 11) is 0. The molecule has 0 aliphatic carbocycles. The molecule has 6 nitrogen and oxygen atoms in total. The van der Waals surface area contributed by atoms with E-state index in [2.05, 4.69) is 15.3 Å². The SMILES string of the molecule is Fc1cc(Cl)ccc1OCC1CN(c2c3c(nc4ccnn24)CCNCC3)C1. The van der Waals surface area contributed by atoms with Crippen molar-refractivity contribution in [1.82, 2.24) is 19.9 Å². The maximum atomic E-state index is 13.9. The Balaban J connectivity index is 1.32. The van der Waals surface area contributed by atoms with Crippen molar-refractivity contribution in [1.29, 1.82) is 0 Å². The van der Waals surface area contributed by atoms with Gasteiger partial charge in [0.15, 0.2) is 17.2 Å². The first-order chi connectivity index (χ1) is 13.7. The molecule has 0 bridgehead atoms. The first-order valence-electron chi connectivity index (χ1n) is 9.58. The molecule has 4 heterocycles. The number of benzene rings is 1. The molecule has 1 fully saturated rings. The number of rotatable bonds is 4. The van der Waals surface area contributed by atoms with Crippen LogP contribution in [0.15, 0.2) is 30.5 Å². The molecule has 3 aromatic rings. The summed E-state index contributed by atoms with van der Waals surface area (Å²) in [6.07, 6.45) is 3.68. The predicted molar refractivity (Wildman–Crippen MR) is 106 cm³/mol. The van der Waals surface area contributed by atoms with E-state index in [0.717, 1.165) is 56.2 Å². The van der Waals surface area contributed by atoms with Gasteiger partial charge >= 0.3 is 0 Å². The monoisotopic (exact) mass is 401 g/mol. The summed E-state index contributed by atoms with van der Waals surface area (Å²) in [5.74, 6) is 1.31. The molecule has 2 aliphatic heterocycles. The number of nitrogens with zero attached hydrogens (tertiary/aromatic N) is 4. The molecule has 1 N–H and O–H groups in total. The summed E-state index contributed by atoms with van der Waals surface area (Å²) in [4.78, 5) is 7.14. The van der Waals surface area contributed by atoms with Crippen molar-refractivity contribution >= 4 is 23.1 Å². The molecule has 8 heteroatoms. The smallest absolute Gasteiger partial charge is 0.166 e. The van der Waals surface area contributed by atoms with E-state index >= 15 is 0 Å². The Morgan fingerprint density at radius 2 is 2.07 bits per heavy atom. The fraction of sp³-hybridized carbons (Fsp3) is 0.400. The lowest BCUT2D eigenvalue weighted by Gasteiger charge is -2.41. The van der Waals surface area contributed by atoms with Crippen molar-refractivity contribution in [2.75, 3.05) is 37.7 Å². The number of anilines is 1. The first-order valence-corrected chi connectivity index (χ1v) is 9.96. The van der Waals surface area contributed by atoms with E-state index in [0.29, 0.717) is 17.5 Å². The third-order valence-electron chi connectivity index (χ3n) is 5.41. The Hall–Kier alpha value is -2.38. The van der Waals surface area contributed by atoms with Crippen LogP contribution in [-0.2, 0) is 12.8 Å². The number of ether oxygens (including phenoxy) is 1. The molecule has 1 saturated heterocycles. The second-order valence-electron chi connectivity index (χ2n) is 7.37. The Morgan fingerprint density at radius 3 is 2.93 bits per heavy atom. The number of nitrogens with one attached hydrogen (secondary N) is 1. The lowest BCUT2D eigenvalue weighted by atomic mass is 9.99. The highest BCUT2D eigenvalue weighted by Crippen LogP contribution is 2.32. The molecule has 1 aromatic carbocycles. The topological polar surface area (TPSA) is 54.7 Å². The maximum Gasteiger partial charge on any atom is 0.166 e. The van der Waals surface area contributed by atoms with Crippen LogP contribution in [-0.4, -0.2) is 47.4 Å². The third kappa shape index (κ3) is 3.18. The van der Waals surface area contributed by atoms with Crippen molar-refractivity contribution in [3.63, 3.8) is 0 Å². The molecule has 2 aromatic heterocycles. The fourth-order valence-electron chi connectivity index (χ4n) is 3.99. The number of hydrogen-bond acceptors (Lipinski definition) is 5. The minimum absolute atomic E-state index is 0.251. The lowest BCUT2D eigenvalue weighted by Crippen LogP contribution is -2.50. The highest BCUT2D eigenvalue weighted by Gasteiger charge is 2.32. The lowest BCUT2D eigenvalue weighted by molar-refractivity contribution is 0.212. The van der Waals surface area contributed by atoms with Crippen LogP contribution in [0.5, 0.6) is 5.75 Å². The Kier molecular flexibility index (Phi) is 4.56. The van der Waals surface area contributed by atoms with Gasteiger partial charge in [-0.3, -0.25) is 0 Å². The standard InChI is InChI=1S/C20H21ClFN5O/c21-14-1-2-18(16(22)9-14)28-12-13-10-26(11-13)20-15-3-6-23-7-4-17(15)25-19-5-8-24-27(19)20/h1-2,5,8-9,13,23H,3-4,6-7,10-12H2. The molecule has 5 rings (SSSR count). The molecule has 0 radical (unpaired) electrons. The van der Waals surface area contributed by atoms with Gasteiger partial charge in [-0.15, -0.1) is 0 Å². The van der Waals surface area contributed by atoms with E-state index in [9.17, 15) is 4.39 Å². The zero-order valence-electron chi connectivity index (χ0n) is 15.4. The van der Waals surface area contributed by atoms with Gasteiger partial charge in [0.1, 0.15) is 5.82 Å². The van der Waals surface area contributed by atoms with Crippen LogP contribution >= 0.6 is 11.6 Å². The normalized spacial score (nSPS) is 17.3. The summed E-state index contributed by atoms with van der Waals surface area (Å²) in [6, 6.07) is 6.45. The van der Waals surface area contributed by atoms with Gasteiger partial charge in [0.05, 0.1) is 18.5 Å². The van der Waals surface area contributed by atoms with E-state index in [1.807, 2.05) is 10.6 Å². The molecule has 28 heavy (non-hydrogen) atoms. The van der Waals surface area contributed by atoms with Crippen molar-refractivity contribution in [2.24, 2.45) is 5.92 Å². The van der Waals surface area contributed by atoms with Crippen LogP contribution in [0.25, 0.3) is 5.65 Å². The quantitative estimate of drug-likeness (QED) is 0.728. The third-order valence-corrected chi connectivity index (χ3v) is 5.64. The van der Waals surface area contributed by atoms with Gasteiger partial charge in [0.25, 0.3) is 0 Å². The minimum Gasteiger partial charge on any atom is -0.490 e. The van der Waals surface area contributed by atoms with Gasteiger partial charge < -0.3 is 15.0 Å². The number of halogens is 2. The first kappa shape index (κ1) is 17.7. The number of aromatic nitrogens is 3. The second-order valence-corrected chi connectivity index (χ2v) is 7.81. The number of fused-ring (bicyclic) bond motifs is 2. The zero-order chi connectivity index (χ0) is 19.1. The largest absolute Gasteiger partial charge is 0.490 e. The molecule has 0 atom stereocenters. The molecular formula is C20H21ClFN5O. The maximum absolute atomic E-state index is 13.9. The summed E-state index contributed by atoms with van der Waals surface area (Å²) in [6.45, 7) is 4.09. The molecule has 0 spiro atoms. The van der Waals surface area contributed by atoms with E-state index < -0.39 is 5.82 Å². The fourth-order valence-corrected chi connectivity index (χ4v) is 4.15. The average Bonchev–Trinajstić information content (AvgIpc) is 2.98. The molecular weight excluding hydrogens is 381 g/mol. The highest BCUT2D eigenvalue weighted by atomic mass is 35.5. The molecule has 146 valence electrons. The van der Waals surface area contributed by atoms with Crippen molar-refractivity contribution in [3.05, 3.63) is 52.6 Å². The van der Waals surface area contributed by atoms with Gasteiger partial charge in [-0.2, -0.15) is 9.61 Å². The van der Waals surface area contributed by atoms with Crippen LogP contribution in [0.4, 0.5) is 10.2 Å². The Bertz CT molecular complexity index is 1020. The summed E-state index contributed by atoms with van der Waals surface area (Å²) in [5.41, 5.74) is 3.33. The second kappa shape index (κ2) is 7.22. The Morgan fingerprint density at radius 1 is 1.21 bits per heavy atom. The van der Waals surface area contributed by atoms with Crippen LogP contribution in [0, 0.1) is 11.7 Å².